The molecule has 0 aromatic rings. The van der Waals surface area contributed by atoms with Gasteiger partial charge in [-0.1, -0.05) is 24.8 Å². The average molecular weight is 299 g/mol. The molecule has 0 aliphatic heterocycles. The maximum absolute atomic E-state index is 3.46. The van der Waals surface area contributed by atoms with Gasteiger partial charge in [0.05, 0.1) is 0 Å². The molecule has 0 bridgehead atoms. The summed E-state index contributed by atoms with van der Waals surface area (Å²) in [6, 6.07) is 0. The Morgan fingerprint density at radius 3 is 1.72 bits per heavy atom. The van der Waals surface area contributed by atoms with Crippen molar-refractivity contribution in [2.75, 3.05) is 0 Å². The van der Waals surface area contributed by atoms with Gasteiger partial charge in [-0.25, -0.2) is 0 Å². The minimum Gasteiger partial charge on any atom is -0.0149 e. The first kappa shape index (κ1) is 20.2. The van der Waals surface area contributed by atoms with Gasteiger partial charge in [-0.3, -0.25) is 0 Å². The fourth-order valence-corrected chi connectivity index (χ4v) is 5.46. The molecule has 1 rings (SSSR count). The predicted molar refractivity (Wildman–Crippen MR) is 88.3 cm³/mol. The Balaban J connectivity index is 0. The van der Waals surface area contributed by atoms with Gasteiger partial charge in [0, 0.05) is 0 Å². The van der Waals surface area contributed by atoms with Crippen molar-refractivity contribution in [1.29, 1.82) is 0 Å². The van der Waals surface area contributed by atoms with Crippen LogP contribution in [0.4, 0.5) is 0 Å². The zero-order chi connectivity index (χ0) is 13.6. The van der Waals surface area contributed by atoms with Crippen LogP contribution in [0.3, 0.4) is 0 Å². The zero-order valence-electron chi connectivity index (χ0n) is 12.5. The van der Waals surface area contributed by atoms with Crippen molar-refractivity contribution < 1.29 is 17.9 Å². The molecule has 0 fully saturated rings. The first-order valence-corrected chi connectivity index (χ1v) is 10.2. The standard InChI is InChI=1S/C9H13.C5H8.2CH3.H4Si.Ti/c1-6-5-7(2)9(4)8(6)3;1-3-5-4-2;;;;/h6H,1-4H3;3-5H,1H2,2H3;2*1H3;1H4;/t6-;;;;;/m0...../s1. The van der Waals surface area contributed by atoms with Crippen LogP contribution in [-0.2, 0) is 17.9 Å². The summed E-state index contributed by atoms with van der Waals surface area (Å²) in [6.07, 6.45) is 5.58. The monoisotopic (exact) mass is 299 g/mol. The molecule has 0 nitrogen and oxygen atoms in total. The second-order valence-corrected chi connectivity index (χ2v) is 8.79. The second kappa shape index (κ2) is 9.77. The number of allylic oxidation sites excluding steroid dienone is 7. The van der Waals surface area contributed by atoms with Crippen molar-refractivity contribution in [3.8, 4) is 0 Å². The van der Waals surface area contributed by atoms with Gasteiger partial charge in [-0.05, 0) is 17.9 Å². The van der Waals surface area contributed by atoms with Crippen molar-refractivity contribution >= 4 is 11.0 Å². The predicted octanol–water partition coefficient (Wildman–Crippen LogP) is 4.26. The van der Waals surface area contributed by atoms with Gasteiger partial charge < -0.3 is 0 Å². The Bertz CT molecular complexity index is 359. The molecule has 103 valence electrons. The van der Waals surface area contributed by atoms with E-state index < -0.39 is 17.9 Å². The topological polar surface area (TPSA) is 0 Å². The van der Waals surface area contributed by atoms with Crippen LogP contribution in [0.2, 0.25) is 10.5 Å². The summed E-state index contributed by atoms with van der Waals surface area (Å²) in [7, 11) is 0. The summed E-state index contributed by atoms with van der Waals surface area (Å²) < 4.78 is 1.81. The Morgan fingerprint density at radius 2 is 1.61 bits per heavy atom. The fraction of sp³-hybridized carbons (Fsp3) is 0.500. The molecule has 0 aromatic carbocycles. The number of rotatable bonds is 2. The smallest absolute Gasteiger partial charge is 0.0149 e. The van der Waals surface area contributed by atoms with E-state index in [1.807, 2.05) is 23.0 Å². The van der Waals surface area contributed by atoms with Crippen LogP contribution in [0.25, 0.3) is 0 Å². The molecule has 0 radical (unpaired) electrons. The first-order valence-electron chi connectivity index (χ1n) is 6.31. The van der Waals surface area contributed by atoms with E-state index in [4.69, 9.17) is 0 Å². The van der Waals surface area contributed by atoms with Gasteiger partial charge in [0.1, 0.15) is 0 Å². The van der Waals surface area contributed by atoms with E-state index in [1.165, 1.54) is 0 Å². The van der Waals surface area contributed by atoms with Gasteiger partial charge in [0.15, 0.2) is 0 Å². The molecule has 18 heavy (non-hydrogen) atoms. The van der Waals surface area contributed by atoms with Crippen molar-refractivity contribution in [2.45, 2.75) is 45.1 Å². The van der Waals surface area contributed by atoms with E-state index in [0.717, 1.165) is 5.92 Å². The molecule has 0 saturated heterocycles. The van der Waals surface area contributed by atoms with E-state index in [2.05, 4.69) is 44.7 Å². The zero-order valence-corrected chi connectivity index (χ0v) is 14.1. The fourth-order valence-electron chi connectivity index (χ4n) is 2.31. The summed E-state index contributed by atoms with van der Waals surface area (Å²) in [5, 5.41) is 4.92. The molecule has 0 aromatic heterocycles. The molecule has 0 N–H and O–H groups in total. The third-order valence-electron chi connectivity index (χ3n) is 3.51. The van der Waals surface area contributed by atoms with Crippen molar-refractivity contribution in [3.05, 3.63) is 45.4 Å². The number of hydrogen-bond donors (Lipinski definition) is 0. The van der Waals surface area contributed by atoms with Gasteiger partial charge in [-0.2, -0.15) is 0 Å². The van der Waals surface area contributed by atoms with Crippen LogP contribution in [-0.4, -0.2) is 11.0 Å². The first-order chi connectivity index (χ1) is 7.88. The maximum Gasteiger partial charge on any atom is -0.0149 e. The molecular formula is C16H31SiTi. The average Bonchev–Trinajstić information content (AvgIpc) is 2.45. The largest absolute Gasteiger partial charge is 0.0149 e. The molecular weight excluding hydrogens is 268 g/mol. The van der Waals surface area contributed by atoms with E-state index >= 15 is 0 Å². The minimum atomic E-state index is -0.834. The maximum atomic E-state index is 3.46. The Morgan fingerprint density at radius 1 is 1.11 bits per heavy atom. The number of hydrogen-bond acceptors (Lipinski definition) is 0. The molecule has 1 atom stereocenters. The van der Waals surface area contributed by atoms with Gasteiger partial charge in [-0.15, -0.1) is 0 Å². The summed E-state index contributed by atoms with van der Waals surface area (Å²) >= 11 is -0.834. The van der Waals surface area contributed by atoms with Crippen LogP contribution in [0.1, 0.15) is 34.6 Å². The van der Waals surface area contributed by atoms with E-state index in [9.17, 15) is 0 Å². The summed E-state index contributed by atoms with van der Waals surface area (Å²) in [4.78, 5) is 0. The molecule has 1 aliphatic carbocycles. The Kier molecular flexibility index (Phi) is 11.0. The minimum absolute atomic E-state index is 0. The van der Waals surface area contributed by atoms with Crippen molar-refractivity contribution in [1.82, 2.24) is 0 Å². The van der Waals surface area contributed by atoms with Crippen LogP contribution in [0, 0.1) is 5.92 Å². The van der Waals surface area contributed by atoms with Crippen molar-refractivity contribution in [2.24, 2.45) is 5.92 Å². The van der Waals surface area contributed by atoms with Crippen LogP contribution < -0.4 is 0 Å². The second-order valence-electron chi connectivity index (χ2n) is 4.83. The van der Waals surface area contributed by atoms with Crippen molar-refractivity contribution in [3.63, 3.8) is 0 Å². The van der Waals surface area contributed by atoms with E-state index in [-0.39, 0.29) is 11.0 Å². The summed E-state index contributed by atoms with van der Waals surface area (Å²) in [5.41, 5.74) is 4.78. The van der Waals surface area contributed by atoms with Crippen LogP contribution in [0.15, 0.2) is 45.4 Å². The van der Waals surface area contributed by atoms with Gasteiger partial charge >= 0.3 is 82.5 Å². The third kappa shape index (κ3) is 5.26. The van der Waals surface area contributed by atoms with E-state index in [0.29, 0.717) is 0 Å². The molecule has 0 saturated carbocycles. The van der Waals surface area contributed by atoms with Crippen LogP contribution in [0.5, 0.6) is 0 Å². The molecule has 0 unspecified atom stereocenters. The van der Waals surface area contributed by atoms with Gasteiger partial charge in [0.25, 0.3) is 0 Å². The normalized spacial score (nSPS) is 18.5. The third-order valence-corrected chi connectivity index (χ3v) is 6.45. The molecule has 0 amide bonds. The van der Waals surface area contributed by atoms with Crippen LogP contribution >= 0.6 is 0 Å². The molecule has 1 aliphatic rings. The molecule has 0 heterocycles. The van der Waals surface area contributed by atoms with E-state index in [1.54, 1.807) is 22.8 Å². The Hall–Kier alpha value is -0.109. The quantitative estimate of drug-likeness (QED) is 0.528. The Labute approximate surface area is 125 Å². The summed E-state index contributed by atoms with van der Waals surface area (Å²) in [6.45, 7) is 14.7. The van der Waals surface area contributed by atoms with Gasteiger partial charge in [0.2, 0.25) is 0 Å². The summed E-state index contributed by atoms with van der Waals surface area (Å²) in [5.74, 6) is 0.759. The molecule has 2 heteroatoms. The SMILES string of the molecule is C=CC=CC.CC1=C(C)[C@@H](C)[C]([Ti]([CH3])[CH3])=C1C.[SiH4]. The molecule has 0 spiro atoms.